The quantitative estimate of drug-likeness (QED) is 0.425. The average Bonchev–Trinajstić information content (AvgIpc) is 3.11. The molecule has 0 aliphatic rings. The Labute approximate surface area is 176 Å². The average molecular weight is 430 g/mol. The third-order valence-electron chi connectivity index (χ3n) is 4.52. The molecule has 0 spiro atoms. The molecule has 1 aromatic heterocycles. The van der Waals surface area contributed by atoms with Gasteiger partial charge in [-0.15, -0.1) is 0 Å². The maximum absolute atomic E-state index is 13.8. The maximum atomic E-state index is 13.8. The first-order chi connectivity index (χ1) is 14.8. The zero-order chi connectivity index (χ0) is 22.5. The topological polar surface area (TPSA) is 77.8 Å². The Balaban J connectivity index is 2.17. The van der Waals surface area contributed by atoms with Gasteiger partial charge in [-0.3, -0.25) is 9.59 Å². The molecule has 1 amide bonds. The van der Waals surface area contributed by atoms with Gasteiger partial charge < -0.3 is 9.47 Å². The summed E-state index contributed by atoms with van der Waals surface area (Å²) in [5.41, 5.74) is 0.867. The molecule has 0 saturated carbocycles. The van der Waals surface area contributed by atoms with E-state index >= 15 is 0 Å². The number of hydrogen-bond acceptors (Lipinski definition) is 5. The van der Waals surface area contributed by atoms with Crippen LogP contribution in [0.1, 0.15) is 29.4 Å². The van der Waals surface area contributed by atoms with E-state index in [1.165, 1.54) is 53.2 Å². The minimum absolute atomic E-state index is 0.0252. The van der Waals surface area contributed by atoms with Crippen molar-refractivity contribution in [1.29, 1.82) is 0 Å². The number of aromatic nitrogens is 1. The third kappa shape index (κ3) is 4.88. The summed E-state index contributed by atoms with van der Waals surface area (Å²) in [4.78, 5) is 37.4. The van der Waals surface area contributed by atoms with Crippen molar-refractivity contribution in [2.24, 2.45) is 0 Å². The fourth-order valence-corrected chi connectivity index (χ4v) is 3.10. The summed E-state index contributed by atoms with van der Waals surface area (Å²) in [5, 5.41) is 1.51. The van der Waals surface area contributed by atoms with Crippen LogP contribution in [0.5, 0.6) is 0 Å². The highest BCUT2D eigenvalue weighted by molar-refractivity contribution is 6.02. The second kappa shape index (κ2) is 9.38. The van der Waals surface area contributed by atoms with Gasteiger partial charge in [-0.2, -0.15) is 0 Å². The highest BCUT2D eigenvalue weighted by atomic mass is 19.1. The Hall–Kier alpha value is -3.75. The summed E-state index contributed by atoms with van der Waals surface area (Å²) in [6, 6.07) is 10.6. The normalized spacial score (nSPS) is 10.7. The Morgan fingerprint density at radius 3 is 2.32 bits per heavy atom. The maximum Gasteiger partial charge on any atom is 0.356 e. The fourth-order valence-electron chi connectivity index (χ4n) is 3.10. The summed E-state index contributed by atoms with van der Waals surface area (Å²) >= 11 is 0. The molecule has 3 aromatic rings. The van der Waals surface area contributed by atoms with Crippen LogP contribution in [0.15, 0.2) is 48.5 Å². The number of ether oxygens (including phenoxy) is 2. The summed E-state index contributed by atoms with van der Waals surface area (Å²) in [6.07, 6.45) is -0.596. The molecule has 9 heteroatoms. The monoisotopic (exact) mass is 430 g/mol. The highest BCUT2D eigenvalue weighted by Crippen LogP contribution is 2.24. The van der Waals surface area contributed by atoms with Gasteiger partial charge in [0.1, 0.15) is 23.7 Å². The smallest absolute Gasteiger partial charge is 0.356 e. The molecule has 0 aliphatic heterocycles. The van der Waals surface area contributed by atoms with E-state index in [1.807, 2.05) is 0 Å². The standard InChI is InChI=1S/C22H20F2N2O5/c1-3-31-22(29)19-11-15-10-17(24)8-9-18(15)26(19)25(20(27)12-21(28)30-2)13-14-4-6-16(23)7-5-14/h4-11H,3,12-13H2,1-2H3. The molecule has 0 radical (unpaired) electrons. The van der Waals surface area contributed by atoms with Crippen LogP contribution in [-0.4, -0.2) is 36.2 Å². The number of halogens is 2. The van der Waals surface area contributed by atoms with Crippen LogP contribution >= 0.6 is 0 Å². The highest BCUT2D eigenvalue weighted by Gasteiger charge is 2.27. The van der Waals surface area contributed by atoms with Crippen LogP contribution in [0, 0.1) is 11.6 Å². The largest absolute Gasteiger partial charge is 0.469 e. The zero-order valence-electron chi connectivity index (χ0n) is 16.9. The molecule has 1 heterocycles. The number of carbonyl (C=O) groups excluding carboxylic acids is 3. The number of rotatable bonds is 7. The van der Waals surface area contributed by atoms with Gasteiger partial charge in [0.2, 0.25) is 0 Å². The van der Waals surface area contributed by atoms with E-state index in [4.69, 9.17) is 4.74 Å². The molecule has 2 aromatic carbocycles. The van der Waals surface area contributed by atoms with Gasteiger partial charge in [-0.05, 0) is 48.9 Å². The van der Waals surface area contributed by atoms with Crippen LogP contribution in [0.4, 0.5) is 8.78 Å². The fraction of sp³-hybridized carbons (Fsp3) is 0.227. The Bertz CT molecular complexity index is 1120. The minimum atomic E-state index is -0.769. The van der Waals surface area contributed by atoms with Crippen molar-refractivity contribution in [3.63, 3.8) is 0 Å². The van der Waals surface area contributed by atoms with E-state index in [2.05, 4.69) is 4.74 Å². The van der Waals surface area contributed by atoms with Crippen LogP contribution in [-0.2, 0) is 25.6 Å². The minimum Gasteiger partial charge on any atom is -0.469 e. The molecule has 0 saturated heterocycles. The summed E-state index contributed by atoms with van der Waals surface area (Å²) < 4.78 is 38.1. The Morgan fingerprint density at radius 2 is 1.68 bits per heavy atom. The Kier molecular flexibility index (Phi) is 6.64. The first-order valence-electron chi connectivity index (χ1n) is 9.44. The van der Waals surface area contributed by atoms with Gasteiger partial charge in [0.25, 0.3) is 5.91 Å². The number of fused-ring (bicyclic) bond motifs is 1. The number of carbonyl (C=O) groups is 3. The van der Waals surface area contributed by atoms with Crippen LogP contribution in [0.2, 0.25) is 0 Å². The molecule has 162 valence electrons. The lowest BCUT2D eigenvalue weighted by Gasteiger charge is -2.26. The predicted molar refractivity (Wildman–Crippen MR) is 108 cm³/mol. The molecule has 0 aliphatic carbocycles. The molecular formula is C22H20F2N2O5. The molecule has 7 nitrogen and oxygen atoms in total. The van der Waals surface area contributed by atoms with Crippen molar-refractivity contribution in [2.75, 3.05) is 18.7 Å². The molecule has 31 heavy (non-hydrogen) atoms. The lowest BCUT2D eigenvalue weighted by atomic mass is 10.2. The van der Waals surface area contributed by atoms with Gasteiger partial charge >= 0.3 is 11.9 Å². The molecular weight excluding hydrogens is 410 g/mol. The molecule has 0 bridgehead atoms. The lowest BCUT2D eigenvalue weighted by Crippen LogP contribution is -2.42. The second-order valence-corrected chi connectivity index (χ2v) is 6.60. The number of hydrogen-bond donors (Lipinski definition) is 0. The van der Waals surface area contributed by atoms with E-state index < -0.39 is 35.9 Å². The Morgan fingerprint density at radius 1 is 1.00 bits per heavy atom. The van der Waals surface area contributed by atoms with E-state index in [0.717, 1.165) is 12.1 Å². The molecule has 0 atom stereocenters. The third-order valence-corrected chi connectivity index (χ3v) is 4.52. The zero-order valence-corrected chi connectivity index (χ0v) is 16.9. The molecule has 0 fully saturated rings. The van der Waals surface area contributed by atoms with Crippen molar-refractivity contribution < 1.29 is 32.6 Å². The van der Waals surface area contributed by atoms with Crippen molar-refractivity contribution in [3.8, 4) is 0 Å². The summed E-state index contributed by atoms with van der Waals surface area (Å²) in [5.74, 6) is -3.15. The van der Waals surface area contributed by atoms with Gasteiger partial charge in [-0.1, -0.05) is 12.1 Å². The van der Waals surface area contributed by atoms with Gasteiger partial charge in [0.15, 0.2) is 0 Å². The van der Waals surface area contributed by atoms with Crippen molar-refractivity contribution >= 4 is 28.7 Å². The lowest BCUT2D eigenvalue weighted by molar-refractivity contribution is -0.143. The number of amides is 1. The van der Waals surface area contributed by atoms with Crippen molar-refractivity contribution in [1.82, 2.24) is 4.68 Å². The van der Waals surface area contributed by atoms with E-state index in [1.54, 1.807) is 6.92 Å². The number of benzene rings is 2. The van der Waals surface area contributed by atoms with E-state index in [-0.39, 0.29) is 18.8 Å². The second-order valence-electron chi connectivity index (χ2n) is 6.60. The van der Waals surface area contributed by atoms with Crippen molar-refractivity contribution in [2.45, 2.75) is 19.9 Å². The molecule has 3 rings (SSSR count). The summed E-state index contributed by atoms with van der Waals surface area (Å²) in [7, 11) is 1.15. The SMILES string of the molecule is CCOC(=O)c1cc2cc(F)ccc2n1N(Cc1ccc(F)cc1)C(=O)CC(=O)OC. The number of nitrogens with zero attached hydrogens (tertiary/aromatic N) is 2. The first-order valence-corrected chi connectivity index (χ1v) is 9.44. The number of esters is 2. The molecule has 0 unspecified atom stereocenters. The van der Waals surface area contributed by atoms with E-state index in [9.17, 15) is 23.2 Å². The van der Waals surface area contributed by atoms with Crippen molar-refractivity contribution in [3.05, 3.63) is 71.4 Å². The molecule has 0 N–H and O–H groups in total. The van der Waals surface area contributed by atoms with Gasteiger partial charge in [0.05, 0.1) is 25.8 Å². The first kappa shape index (κ1) is 21.9. The van der Waals surface area contributed by atoms with Gasteiger partial charge in [0, 0.05) is 5.39 Å². The van der Waals surface area contributed by atoms with Crippen LogP contribution in [0.25, 0.3) is 10.9 Å². The summed E-state index contributed by atoms with van der Waals surface area (Å²) in [6.45, 7) is 1.62. The van der Waals surface area contributed by atoms with Crippen LogP contribution in [0.3, 0.4) is 0 Å². The van der Waals surface area contributed by atoms with E-state index in [0.29, 0.717) is 16.5 Å². The van der Waals surface area contributed by atoms with Crippen LogP contribution < -0.4 is 5.01 Å². The van der Waals surface area contributed by atoms with Gasteiger partial charge in [-0.25, -0.2) is 23.3 Å². The predicted octanol–water partition coefficient (Wildman–Crippen LogP) is 3.32. The number of methoxy groups -OCH3 is 1.